The van der Waals surface area contributed by atoms with Gasteiger partial charge in [0.15, 0.2) is 0 Å². The van der Waals surface area contributed by atoms with Crippen molar-refractivity contribution in [1.29, 1.82) is 0 Å². The largest absolute Gasteiger partial charge is 0.411 e. The highest BCUT2D eigenvalue weighted by molar-refractivity contribution is 5.97. The number of allylic oxidation sites excluding steroid dienone is 4. The van der Waals surface area contributed by atoms with Gasteiger partial charge < -0.3 is 20.0 Å². The van der Waals surface area contributed by atoms with Gasteiger partial charge in [-0.25, -0.2) is 0 Å². The van der Waals surface area contributed by atoms with Crippen LogP contribution in [0.5, 0.6) is 0 Å². The van der Waals surface area contributed by atoms with E-state index in [1.807, 2.05) is 0 Å². The van der Waals surface area contributed by atoms with Crippen LogP contribution in [-0.2, 0) is 4.74 Å². The van der Waals surface area contributed by atoms with Gasteiger partial charge in [0.2, 0.25) is 0 Å². The molecule has 0 saturated heterocycles. The first-order chi connectivity index (χ1) is 15.8. The molecule has 0 unspecified atom stereocenters. The highest BCUT2D eigenvalue weighted by atomic mass is 16.5. The van der Waals surface area contributed by atoms with Crippen LogP contribution in [0.4, 0.5) is 5.69 Å². The summed E-state index contributed by atoms with van der Waals surface area (Å²) < 4.78 is 5.56. The van der Waals surface area contributed by atoms with Gasteiger partial charge in [-0.1, -0.05) is 29.8 Å². The third-order valence-electron chi connectivity index (χ3n) is 9.40. The second-order valence-corrected chi connectivity index (χ2v) is 11.1. The van der Waals surface area contributed by atoms with Crippen molar-refractivity contribution < 1.29 is 15.1 Å². The average Bonchev–Trinajstić information content (AvgIpc) is 3.08. The maximum Gasteiger partial charge on any atom is 0.0936 e. The van der Waals surface area contributed by atoms with Crippen molar-refractivity contribution in [2.75, 3.05) is 32.7 Å². The minimum Gasteiger partial charge on any atom is -0.411 e. The van der Waals surface area contributed by atoms with Gasteiger partial charge in [-0.05, 0) is 91.7 Å². The Balaban J connectivity index is 1.65. The van der Waals surface area contributed by atoms with Crippen molar-refractivity contribution in [3.05, 3.63) is 52.6 Å². The molecule has 1 aromatic rings. The Labute approximate surface area is 197 Å². The molecule has 4 aliphatic carbocycles. The van der Waals surface area contributed by atoms with E-state index in [4.69, 9.17) is 4.74 Å². The second kappa shape index (κ2) is 8.28. The van der Waals surface area contributed by atoms with E-state index in [2.05, 4.69) is 61.4 Å². The van der Waals surface area contributed by atoms with Crippen molar-refractivity contribution >= 4 is 11.4 Å². The first kappa shape index (κ1) is 22.7. The quantitative estimate of drug-likeness (QED) is 0.483. The molecule has 0 heterocycles. The van der Waals surface area contributed by atoms with Crippen LogP contribution in [0.3, 0.4) is 0 Å². The number of oxime groups is 1. The van der Waals surface area contributed by atoms with Crippen molar-refractivity contribution in [2.45, 2.75) is 63.4 Å². The number of anilines is 1. The van der Waals surface area contributed by atoms with Gasteiger partial charge in [-0.15, -0.1) is 0 Å². The molecule has 0 aromatic heterocycles. The van der Waals surface area contributed by atoms with Crippen molar-refractivity contribution in [3.63, 3.8) is 0 Å². The van der Waals surface area contributed by atoms with E-state index in [9.17, 15) is 10.3 Å². The van der Waals surface area contributed by atoms with E-state index in [-0.39, 0.29) is 5.41 Å². The number of aliphatic hydroxyl groups is 1. The summed E-state index contributed by atoms with van der Waals surface area (Å²) in [6.45, 7) is 2.74. The zero-order chi connectivity index (χ0) is 23.4. The maximum absolute atomic E-state index is 11.8. The number of hydrogen-bond acceptors (Lipinski definition) is 5. The first-order valence-corrected chi connectivity index (χ1v) is 12.4. The van der Waals surface area contributed by atoms with Gasteiger partial charge in [-0.2, -0.15) is 0 Å². The molecule has 5 heteroatoms. The fourth-order valence-electron chi connectivity index (χ4n) is 7.62. The summed E-state index contributed by atoms with van der Waals surface area (Å²) >= 11 is 0. The summed E-state index contributed by atoms with van der Waals surface area (Å²) in [7, 11) is 5.86. The number of rotatable bonds is 4. The summed E-state index contributed by atoms with van der Waals surface area (Å²) in [6, 6.07) is 9.02. The van der Waals surface area contributed by atoms with E-state index < -0.39 is 5.60 Å². The molecule has 2 N–H and O–H groups in total. The molecule has 5 atom stereocenters. The predicted octanol–water partition coefficient (Wildman–Crippen LogP) is 5.29. The van der Waals surface area contributed by atoms with E-state index in [1.165, 1.54) is 22.4 Å². The van der Waals surface area contributed by atoms with Gasteiger partial charge in [0.05, 0.1) is 17.9 Å². The van der Waals surface area contributed by atoms with Crippen LogP contribution in [0, 0.1) is 17.3 Å². The Morgan fingerprint density at radius 2 is 1.88 bits per heavy atom. The van der Waals surface area contributed by atoms with Gasteiger partial charge in [-0.3, -0.25) is 0 Å². The Hall–Kier alpha value is -2.11. The molecule has 2 saturated carbocycles. The zero-order valence-electron chi connectivity index (χ0n) is 20.5. The highest BCUT2D eigenvalue weighted by Gasteiger charge is 2.62. The van der Waals surface area contributed by atoms with Crippen LogP contribution in [0.15, 0.2) is 52.2 Å². The average molecular weight is 451 g/mol. The number of methoxy groups -OCH3 is 1. The molecule has 5 rings (SSSR count). The molecule has 0 radical (unpaired) electrons. The lowest BCUT2D eigenvalue weighted by Gasteiger charge is -2.54. The van der Waals surface area contributed by atoms with E-state index >= 15 is 0 Å². The fourth-order valence-corrected chi connectivity index (χ4v) is 7.62. The van der Waals surface area contributed by atoms with E-state index in [0.29, 0.717) is 24.4 Å². The maximum atomic E-state index is 11.8. The minimum absolute atomic E-state index is 0.170. The predicted molar refractivity (Wildman–Crippen MR) is 132 cm³/mol. The molecule has 1 aromatic carbocycles. The number of hydrogen-bond donors (Lipinski definition) is 2. The topological polar surface area (TPSA) is 65.3 Å². The molecular weight excluding hydrogens is 412 g/mol. The van der Waals surface area contributed by atoms with Crippen LogP contribution in [0.1, 0.15) is 63.4 Å². The highest BCUT2D eigenvalue weighted by Crippen LogP contribution is 2.66. The number of benzene rings is 1. The molecule has 0 aliphatic heterocycles. The third kappa shape index (κ3) is 3.47. The first-order valence-electron chi connectivity index (χ1n) is 12.4. The van der Waals surface area contributed by atoms with Crippen LogP contribution < -0.4 is 4.90 Å². The second-order valence-electron chi connectivity index (χ2n) is 11.1. The SMILES string of the molecule is COC[C@]1(O)CC[C@H]2[C@@H]3CCC4=CC(=NO)CCC4=C3[C@@H](c3ccc(N(C)C)cc3)C[C@@]21C. The molecule has 2 fully saturated rings. The Bertz CT molecular complexity index is 1010. The summed E-state index contributed by atoms with van der Waals surface area (Å²) in [4.78, 5) is 2.14. The third-order valence-corrected chi connectivity index (χ3v) is 9.40. The Morgan fingerprint density at radius 3 is 2.55 bits per heavy atom. The van der Waals surface area contributed by atoms with E-state index in [1.54, 1.807) is 12.7 Å². The molecule has 0 spiro atoms. The number of nitrogens with zero attached hydrogens (tertiary/aromatic N) is 2. The summed E-state index contributed by atoms with van der Waals surface area (Å²) in [5.41, 5.74) is 6.88. The minimum atomic E-state index is -0.774. The smallest absolute Gasteiger partial charge is 0.0936 e. The molecule has 178 valence electrons. The lowest BCUT2D eigenvalue weighted by atomic mass is 9.51. The monoisotopic (exact) mass is 450 g/mol. The van der Waals surface area contributed by atoms with Gasteiger partial charge in [0, 0.05) is 38.2 Å². The van der Waals surface area contributed by atoms with Gasteiger partial charge in [0.25, 0.3) is 0 Å². The summed E-state index contributed by atoms with van der Waals surface area (Å²) in [5, 5.41) is 24.7. The molecule has 0 amide bonds. The summed E-state index contributed by atoms with van der Waals surface area (Å²) in [6.07, 6.45) is 8.84. The number of ether oxygens (including phenoxy) is 1. The van der Waals surface area contributed by atoms with Crippen molar-refractivity contribution in [1.82, 2.24) is 0 Å². The van der Waals surface area contributed by atoms with E-state index in [0.717, 1.165) is 50.7 Å². The standard InChI is InChI=1S/C28H38N2O3/c1-27-16-24(18-5-9-21(10-6-18)30(2)3)26-22-12-8-20(29-32)15-19(22)7-11-23(26)25(27)13-14-28(27,31)17-33-4/h5-6,9-10,15,23-25,31-32H,7-8,11-14,16-17H2,1-4H3/t23-,24+,25-,27-,28+/m0/s1. The van der Waals surface area contributed by atoms with Crippen molar-refractivity contribution in [3.8, 4) is 0 Å². The van der Waals surface area contributed by atoms with Crippen LogP contribution in [0.25, 0.3) is 0 Å². The van der Waals surface area contributed by atoms with Gasteiger partial charge >= 0.3 is 0 Å². The van der Waals surface area contributed by atoms with Crippen LogP contribution >= 0.6 is 0 Å². The molecule has 4 aliphatic rings. The van der Waals surface area contributed by atoms with Crippen LogP contribution in [-0.4, -0.2) is 49.4 Å². The van der Waals surface area contributed by atoms with Crippen molar-refractivity contribution in [2.24, 2.45) is 22.4 Å². The van der Waals surface area contributed by atoms with Gasteiger partial charge in [0.1, 0.15) is 0 Å². The lowest BCUT2D eigenvalue weighted by molar-refractivity contribution is -0.128. The number of fused-ring (bicyclic) bond motifs is 4. The fraction of sp³-hybridized carbons (Fsp3) is 0.607. The Kier molecular flexibility index (Phi) is 5.69. The Morgan fingerprint density at radius 1 is 1.12 bits per heavy atom. The zero-order valence-corrected chi connectivity index (χ0v) is 20.5. The van der Waals surface area contributed by atoms with Crippen LogP contribution in [0.2, 0.25) is 0 Å². The molecule has 33 heavy (non-hydrogen) atoms. The summed E-state index contributed by atoms with van der Waals surface area (Å²) in [5.74, 6) is 1.26. The normalized spacial score (nSPS) is 36.8. The lowest BCUT2D eigenvalue weighted by Crippen LogP contribution is -2.53. The molecule has 0 bridgehead atoms. The molecular formula is C28H38N2O3. The molecule has 5 nitrogen and oxygen atoms in total.